The molecule has 0 aliphatic heterocycles. The van der Waals surface area contributed by atoms with Gasteiger partial charge in [0.2, 0.25) is 0 Å². The maximum atomic E-state index is 3.36. The molecule has 0 radical (unpaired) electrons. The van der Waals surface area contributed by atoms with Gasteiger partial charge in [0, 0.05) is 6.20 Å². The molecular weight excluding hydrogens is 193 g/mol. The lowest BCUT2D eigenvalue weighted by Crippen LogP contribution is -1.74. The van der Waals surface area contributed by atoms with E-state index in [1.165, 1.54) is 6.20 Å². The molecule has 0 aromatic carbocycles. The van der Waals surface area contributed by atoms with Gasteiger partial charge in [-0.3, -0.25) is 0 Å². The molecule has 0 amide bonds. The van der Waals surface area contributed by atoms with Crippen molar-refractivity contribution in [1.29, 1.82) is 0 Å². The summed E-state index contributed by atoms with van der Waals surface area (Å²) < 4.78 is 2.43. The molecule has 0 aliphatic rings. The van der Waals surface area contributed by atoms with Gasteiger partial charge in [-0.25, -0.2) is 3.64 Å². The Morgan fingerprint density at radius 1 is 1.83 bits per heavy atom. The topological polar surface area (TPSA) is 36.8 Å². The summed E-state index contributed by atoms with van der Waals surface area (Å²) in [6.07, 6.45) is 1.35. The number of hydrogen-bond acceptors (Lipinski definition) is 2. The summed E-state index contributed by atoms with van der Waals surface area (Å²) in [6, 6.07) is 0. The highest BCUT2D eigenvalue weighted by Crippen LogP contribution is 1.71. The molecule has 3 nitrogen and oxygen atoms in total. The molecular formula is C2H4IN3. The van der Waals surface area contributed by atoms with Crippen molar-refractivity contribution in [2.75, 3.05) is 0 Å². The van der Waals surface area contributed by atoms with Crippen molar-refractivity contribution in [3.63, 3.8) is 0 Å². The molecule has 0 aliphatic carbocycles. The number of nitrogens with one attached hydrogen (secondary N) is 1. The summed E-state index contributed by atoms with van der Waals surface area (Å²) in [5, 5.41) is 6.69. The molecule has 0 aromatic heterocycles. The number of nitrogens with zero attached hydrogens (tertiary/aromatic N) is 2. The Morgan fingerprint density at radius 2 is 2.50 bits per heavy atom. The minimum Gasteiger partial charge on any atom is -0.231 e. The minimum atomic E-state index is 1.35. The first-order valence-electron chi connectivity index (χ1n) is 1.28. The molecule has 1 N–H and O–H groups in total. The molecule has 0 bridgehead atoms. The van der Waals surface area contributed by atoms with Crippen LogP contribution in [-0.4, -0.2) is 0 Å². The fourth-order valence-electron chi connectivity index (χ4n) is 0.0626. The first kappa shape index (κ1) is 5.87. The van der Waals surface area contributed by atoms with E-state index in [9.17, 15) is 0 Å². The van der Waals surface area contributed by atoms with Crippen molar-refractivity contribution in [2.45, 2.75) is 0 Å². The van der Waals surface area contributed by atoms with Crippen LogP contribution in [-0.2, 0) is 0 Å². The van der Waals surface area contributed by atoms with Crippen molar-refractivity contribution >= 4 is 22.9 Å². The van der Waals surface area contributed by atoms with Gasteiger partial charge in [-0.15, -0.1) is 5.11 Å². The van der Waals surface area contributed by atoms with E-state index in [0.29, 0.717) is 0 Å². The lowest BCUT2D eigenvalue weighted by atomic mass is 11.1. The molecule has 0 saturated carbocycles. The van der Waals surface area contributed by atoms with E-state index < -0.39 is 0 Å². The van der Waals surface area contributed by atoms with Crippen LogP contribution in [0.15, 0.2) is 23.1 Å². The molecule has 6 heavy (non-hydrogen) atoms. The molecule has 34 valence electrons. The van der Waals surface area contributed by atoms with Gasteiger partial charge < -0.3 is 0 Å². The second-order valence-corrected chi connectivity index (χ2v) is 0.965. The average Bonchev–Trinajstić information content (AvgIpc) is 1.61. The van der Waals surface area contributed by atoms with Crippen LogP contribution in [0.4, 0.5) is 0 Å². The maximum Gasteiger partial charge on any atom is 0.0765 e. The van der Waals surface area contributed by atoms with E-state index in [-0.39, 0.29) is 0 Å². The molecule has 0 rings (SSSR count). The van der Waals surface area contributed by atoms with Gasteiger partial charge in [-0.1, -0.05) is 11.8 Å². The summed E-state index contributed by atoms with van der Waals surface area (Å²) in [5.74, 6) is 0. The van der Waals surface area contributed by atoms with Gasteiger partial charge in [-0.05, 0) is 0 Å². The first-order chi connectivity index (χ1) is 2.91. The number of rotatable bonds is 2. The smallest absolute Gasteiger partial charge is 0.0765 e. The standard InChI is InChI=1S/C2H4IN3/c1-2-4-6-5-3/h2H,1H2,(H,4,5). The second kappa shape index (κ2) is 4.87. The average molecular weight is 197 g/mol. The fraction of sp³-hybridized carbons (Fsp3) is 0. The molecule has 0 saturated heterocycles. The second-order valence-electron chi connectivity index (χ2n) is 0.483. The van der Waals surface area contributed by atoms with Crippen LogP contribution in [0.2, 0.25) is 0 Å². The highest BCUT2D eigenvalue weighted by Gasteiger charge is 1.52. The van der Waals surface area contributed by atoms with Crippen LogP contribution in [0.5, 0.6) is 0 Å². The van der Waals surface area contributed by atoms with Gasteiger partial charge in [-0.2, -0.15) is 0 Å². The van der Waals surface area contributed by atoms with E-state index in [0.717, 1.165) is 0 Å². The Bertz CT molecular complexity index is 59.8. The van der Waals surface area contributed by atoms with Gasteiger partial charge in [0.05, 0.1) is 22.9 Å². The monoisotopic (exact) mass is 197 g/mol. The molecule has 0 heterocycles. The van der Waals surface area contributed by atoms with Crippen molar-refractivity contribution in [3.05, 3.63) is 12.8 Å². The number of halogens is 1. The van der Waals surface area contributed by atoms with Crippen molar-refractivity contribution in [2.24, 2.45) is 10.3 Å². The third-order valence-corrected chi connectivity index (χ3v) is 0.393. The fourth-order valence-corrected chi connectivity index (χ4v) is 0.187. The van der Waals surface area contributed by atoms with Crippen molar-refractivity contribution < 1.29 is 0 Å². The summed E-state index contributed by atoms with van der Waals surface area (Å²) in [7, 11) is 0. The zero-order valence-electron chi connectivity index (χ0n) is 3.06. The van der Waals surface area contributed by atoms with Gasteiger partial charge in [0.25, 0.3) is 0 Å². The summed E-state index contributed by atoms with van der Waals surface area (Å²) in [6.45, 7) is 3.29. The van der Waals surface area contributed by atoms with Gasteiger partial charge >= 0.3 is 0 Å². The minimum absolute atomic E-state index is 1.35. The van der Waals surface area contributed by atoms with E-state index >= 15 is 0 Å². The maximum absolute atomic E-state index is 3.36. The third-order valence-electron chi connectivity index (χ3n) is 0.177. The first-order valence-corrected chi connectivity index (χ1v) is 2.36. The molecule has 4 heteroatoms. The van der Waals surface area contributed by atoms with Gasteiger partial charge in [0.1, 0.15) is 0 Å². The van der Waals surface area contributed by atoms with Crippen LogP contribution < -0.4 is 3.64 Å². The van der Waals surface area contributed by atoms with Crippen molar-refractivity contribution in [3.8, 4) is 0 Å². The van der Waals surface area contributed by atoms with Gasteiger partial charge in [0.15, 0.2) is 0 Å². The van der Waals surface area contributed by atoms with Crippen LogP contribution in [0.25, 0.3) is 0 Å². The molecule has 0 spiro atoms. The Morgan fingerprint density at radius 3 is 2.67 bits per heavy atom. The quantitative estimate of drug-likeness (QED) is 0.309. The molecule has 0 unspecified atom stereocenters. The lowest BCUT2D eigenvalue weighted by molar-refractivity contribution is 1.01. The largest absolute Gasteiger partial charge is 0.231 e. The van der Waals surface area contributed by atoms with E-state index in [1.807, 2.05) is 22.9 Å². The highest BCUT2D eigenvalue weighted by atomic mass is 127. The van der Waals surface area contributed by atoms with Crippen LogP contribution in [0, 0.1) is 0 Å². The van der Waals surface area contributed by atoms with Crippen LogP contribution >= 0.6 is 22.9 Å². The van der Waals surface area contributed by atoms with E-state index in [1.54, 1.807) is 0 Å². The Labute approximate surface area is 50.0 Å². The zero-order chi connectivity index (χ0) is 4.83. The van der Waals surface area contributed by atoms with Crippen LogP contribution in [0.3, 0.4) is 0 Å². The Kier molecular flexibility index (Phi) is 4.76. The van der Waals surface area contributed by atoms with E-state index in [2.05, 4.69) is 20.6 Å². The lowest BCUT2D eigenvalue weighted by Gasteiger charge is -1.71. The summed E-state index contributed by atoms with van der Waals surface area (Å²) in [5.41, 5.74) is 0. The zero-order valence-corrected chi connectivity index (χ0v) is 5.21. The predicted octanol–water partition coefficient (Wildman–Crippen LogP) is 1.44. The Hall–Kier alpha value is -0.130. The van der Waals surface area contributed by atoms with Crippen molar-refractivity contribution in [1.82, 2.24) is 3.64 Å². The molecule has 0 fully saturated rings. The number of hydrogen-bond donors (Lipinski definition) is 1. The van der Waals surface area contributed by atoms with E-state index in [4.69, 9.17) is 0 Å². The molecule has 0 atom stereocenters. The summed E-state index contributed by atoms with van der Waals surface area (Å²) in [4.78, 5) is 0. The van der Waals surface area contributed by atoms with Crippen LogP contribution in [0.1, 0.15) is 0 Å². The third kappa shape index (κ3) is 3.87. The normalized spacial score (nSPS) is 8.83. The molecule has 0 aromatic rings. The predicted molar refractivity (Wildman–Crippen MR) is 32.2 cm³/mol. The summed E-state index contributed by atoms with van der Waals surface area (Å²) >= 11 is 1.85. The SMILES string of the molecule is C=C/N=N\NI. The highest BCUT2D eigenvalue weighted by molar-refractivity contribution is 14.1. The Balaban J connectivity index is 2.94.